The highest BCUT2D eigenvalue weighted by Gasteiger charge is 2.45. The van der Waals surface area contributed by atoms with Gasteiger partial charge in [0.05, 0.1) is 23.9 Å². The van der Waals surface area contributed by atoms with Crippen LogP contribution >= 0.6 is 0 Å². The van der Waals surface area contributed by atoms with E-state index in [1.165, 1.54) is 6.20 Å². The highest BCUT2D eigenvalue weighted by molar-refractivity contribution is 6.39. The summed E-state index contributed by atoms with van der Waals surface area (Å²) in [5.41, 5.74) is 0.853. The molecule has 2 rings (SSSR count). The molecule has 1 fully saturated rings. The monoisotopic (exact) mass is 422 g/mol. The van der Waals surface area contributed by atoms with Crippen molar-refractivity contribution in [3.63, 3.8) is 0 Å². The number of hydrogen-bond donors (Lipinski definition) is 3. The van der Waals surface area contributed by atoms with Crippen LogP contribution in [0.5, 0.6) is 5.88 Å². The van der Waals surface area contributed by atoms with E-state index in [1.54, 1.807) is 24.7 Å². The summed E-state index contributed by atoms with van der Waals surface area (Å²) in [5, 5.41) is 2.36. The Morgan fingerprint density at radius 2 is 1.87 bits per heavy atom. The molecule has 4 N–H and O–H groups in total. The largest absolute Gasteiger partial charge is 0.474 e. The number of ether oxygens (including phenoxy) is 3. The minimum atomic E-state index is -0.956. The number of carbonyl (C=O) groups is 3. The summed E-state index contributed by atoms with van der Waals surface area (Å²) in [6.07, 6.45) is 3.76. The van der Waals surface area contributed by atoms with Gasteiger partial charge in [-0.1, -0.05) is 0 Å². The summed E-state index contributed by atoms with van der Waals surface area (Å²) in [6, 6.07) is 3.17. The number of amides is 2. The van der Waals surface area contributed by atoms with Crippen LogP contribution in [0.25, 0.3) is 0 Å². The number of aromatic nitrogens is 1. The summed E-state index contributed by atoms with van der Waals surface area (Å²) >= 11 is 0. The molecule has 0 spiro atoms. The van der Waals surface area contributed by atoms with Crippen LogP contribution in [0.2, 0.25) is 0 Å². The number of nitrogens with two attached hydrogens (primary N) is 1. The Hall–Kier alpha value is -2.72. The van der Waals surface area contributed by atoms with Gasteiger partial charge in [-0.3, -0.25) is 19.8 Å². The topological polar surface area (TPSA) is 142 Å². The lowest BCUT2D eigenvalue weighted by Gasteiger charge is -2.39. The Kier molecular flexibility index (Phi) is 7.74. The minimum Gasteiger partial charge on any atom is -0.474 e. The first-order chi connectivity index (χ1) is 14.1. The van der Waals surface area contributed by atoms with Crippen molar-refractivity contribution in [2.24, 2.45) is 11.3 Å². The predicted octanol–water partition coefficient (Wildman–Crippen LogP) is 1.31. The number of methoxy groups -OCH3 is 1. The standard InChI is InChI=1S/C20H30N4O6/c1-19(2,3)30-18(27)20(12-28-4)9-7-14(8-10-20)29-15-6-5-13(11-22-15)23-16(25)17(26)24-21/h5-6,11,14H,7-10,12,21H2,1-4H3,(H,23,25)(H,24,26)/t14-,20-. The average Bonchev–Trinajstić information content (AvgIpc) is 2.69. The Morgan fingerprint density at radius 3 is 2.37 bits per heavy atom. The summed E-state index contributed by atoms with van der Waals surface area (Å²) in [4.78, 5) is 39.5. The van der Waals surface area contributed by atoms with Crippen LogP contribution in [0.1, 0.15) is 46.5 Å². The summed E-state index contributed by atoms with van der Waals surface area (Å²) in [7, 11) is 1.58. The maximum Gasteiger partial charge on any atom is 0.323 e. The third-order valence-electron chi connectivity index (χ3n) is 4.76. The van der Waals surface area contributed by atoms with Gasteiger partial charge in [0, 0.05) is 13.2 Å². The van der Waals surface area contributed by atoms with Gasteiger partial charge in [-0.05, 0) is 52.5 Å². The van der Waals surface area contributed by atoms with Gasteiger partial charge in [-0.2, -0.15) is 0 Å². The number of pyridine rings is 1. The lowest BCUT2D eigenvalue weighted by molar-refractivity contribution is -0.175. The zero-order chi connectivity index (χ0) is 22.4. The maximum atomic E-state index is 12.8. The molecule has 30 heavy (non-hydrogen) atoms. The van der Waals surface area contributed by atoms with Crippen LogP contribution in [0, 0.1) is 5.41 Å². The van der Waals surface area contributed by atoms with Gasteiger partial charge in [0.15, 0.2) is 0 Å². The number of carbonyl (C=O) groups excluding carboxylic acids is 3. The van der Waals surface area contributed by atoms with Gasteiger partial charge in [-0.15, -0.1) is 0 Å². The Balaban J connectivity index is 1.93. The maximum absolute atomic E-state index is 12.8. The second kappa shape index (κ2) is 9.86. The van der Waals surface area contributed by atoms with E-state index in [9.17, 15) is 14.4 Å². The molecule has 1 saturated carbocycles. The number of anilines is 1. The van der Waals surface area contributed by atoms with Crippen molar-refractivity contribution in [1.82, 2.24) is 10.4 Å². The molecule has 1 heterocycles. The molecule has 2 amide bonds. The first-order valence-corrected chi connectivity index (χ1v) is 9.75. The molecule has 166 valence electrons. The van der Waals surface area contributed by atoms with Crippen LogP contribution in [0.4, 0.5) is 5.69 Å². The summed E-state index contributed by atoms with van der Waals surface area (Å²) < 4.78 is 16.9. The van der Waals surface area contributed by atoms with E-state index in [0.717, 1.165) is 0 Å². The van der Waals surface area contributed by atoms with Crippen molar-refractivity contribution in [2.45, 2.75) is 58.2 Å². The highest BCUT2D eigenvalue weighted by atomic mass is 16.6. The average molecular weight is 422 g/mol. The fourth-order valence-corrected chi connectivity index (χ4v) is 3.28. The lowest BCUT2D eigenvalue weighted by Crippen LogP contribution is -2.45. The second-order valence-corrected chi connectivity index (χ2v) is 8.35. The Morgan fingerprint density at radius 1 is 1.20 bits per heavy atom. The van der Waals surface area contributed by atoms with E-state index >= 15 is 0 Å². The Labute approximate surface area is 175 Å². The molecule has 0 bridgehead atoms. The molecule has 0 atom stereocenters. The molecule has 10 nitrogen and oxygen atoms in total. The molecule has 1 aliphatic rings. The predicted molar refractivity (Wildman–Crippen MR) is 108 cm³/mol. The molecule has 0 aromatic carbocycles. The van der Waals surface area contributed by atoms with Crippen LogP contribution in [-0.2, 0) is 23.9 Å². The summed E-state index contributed by atoms with van der Waals surface area (Å²) in [6.45, 7) is 5.85. The number of nitrogens with one attached hydrogen (secondary N) is 2. The van der Waals surface area contributed by atoms with Crippen molar-refractivity contribution in [2.75, 3.05) is 19.0 Å². The van der Waals surface area contributed by atoms with Crippen molar-refractivity contribution in [1.29, 1.82) is 0 Å². The zero-order valence-electron chi connectivity index (χ0n) is 17.8. The van der Waals surface area contributed by atoms with Crippen molar-refractivity contribution >= 4 is 23.5 Å². The molecule has 0 aliphatic heterocycles. The SMILES string of the molecule is COC[C@]1(C(=O)OC(C)(C)C)CC[C@H](Oc2ccc(NC(=O)C(=O)NN)cn2)CC1. The van der Waals surface area contributed by atoms with Crippen LogP contribution < -0.4 is 21.3 Å². The molecular formula is C20H30N4O6. The third-order valence-corrected chi connectivity index (χ3v) is 4.76. The highest BCUT2D eigenvalue weighted by Crippen LogP contribution is 2.40. The van der Waals surface area contributed by atoms with E-state index in [4.69, 9.17) is 20.1 Å². The second-order valence-electron chi connectivity index (χ2n) is 8.35. The van der Waals surface area contributed by atoms with Gasteiger partial charge < -0.3 is 19.5 Å². The number of hydrogen-bond acceptors (Lipinski definition) is 8. The van der Waals surface area contributed by atoms with Gasteiger partial charge >= 0.3 is 17.8 Å². The summed E-state index contributed by atoms with van der Waals surface area (Å²) in [5.74, 6) is 3.21. The Bertz CT molecular complexity index is 752. The van der Waals surface area contributed by atoms with Crippen molar-refractivity contribution < 1.29 is 28.6 Å². The molecular weight excluding hydrogens is 392 g/mol. The normalized spacial score (nSPS) is 21.4. The van der Waals surface area contributed by atoms with E-state index < -0.39 is 22.8 Å². The van der Waals surface area contributed by atoms with Crippen molar-refractivity contribution in [3.05, 3.63) is 18.3 Å². The van der Waals surface area contributed by atoms with E-state index in [1.807, 2.05) is 20.8 Å². The number of rotatable bonds is 6. The number of hydrazine groups is 1. The molecule has 0 saturated heterocycles. The van der Waals surface area contributed by atoms with Gasteiger partial charge in [0.2, 0.25) is 5.88 Å². The zero-order valence-corrected chi connectivity index (χ0v) is 17.8. The van der Waals surface area contributed by atoms with E-state index in [-0.39, 0.29) is 12.1 Å². The quantitative estimate of drug-likeness (QED) is 0.205. The molecule has 0 radical (unpaired) electrons. The number of esters is 1. The van der Waals surface area contributed by atoms with Crippen molar-refractivity contribution in [3.8, 4) is 5.88 Å². The van der Waals surface area contributed by atoms with Gasteiger partial charge in [0.25, 0.3) is 0 Å². The molecule has 1 aliphatic carbocycles. The van der Waals surface area contributed by atoms with Gasteiger partial charge in [-0.25, -0.2) is 10.8 Å². The first kappa shape index (κ1) is 23.6. The molecule has 0 unspecified atom stereocenters. The van der Waals surface area contributed by atoms with E-state index in [2.05, 4.69) is 10.3 Å². The van der Waals surface area contributed by atoms with E-state index in [0.29, 0.717) is 43.9 Å². The van der Waals surface area contributed by atoms with Gasteiger partial charge in [0.1, 0.15) is 11.7 Å². The van der Waals surface area contributed by atoms with Crippen LogP contribution in [0.3, 0.4) is 0 Å². The fourth-order valence-electron chi connectivity index (χ4n) is 3.28. The molecule has 1 aromatic rings. The smallest absolute Gasteiger partial charge is 0.323 e. The van der Waals surface area contributed by atoms with Crippen LogP contribution in [0.15, 0.2) is 18.3 Å². The first-order valence-electron chi connectivity index (χ1n) is 9.75. The molecule has 10 heteroatoms. The minimum absolute atomic E-state index is 0.103. The fraction of sp³-hybridized carbons (Fsp3) is 0.600. The third kappa shape index (κ3) is 6.39. The van der Waals surface area contributed by atoms with Crippen LogP contribution in [-0.4, -0.2) is 48.2 Å². The lowest BCUT2D eigenvalue weighted by atomic mass is 9.73. The number of nitrogens with zero attached hydrogens (tertiary/aromatic N) is 1. The molecule has 1 aromatic heterocycles.